The summed E-state index contributed by atoms with van der Waals surface area (Å²) >= 11 is 0. The number of rotatable bonds is 4. The minimum absolute atomic E-state index is 0.0381. The summed E-state index contributed by atoms with van der Waals surface area (Å²) < 4.78 is 7.23. The van der Waals surface area contributed by atoms with Gasteiger partial charge >= 0.3 is 0 Å². The molecule has 1 aromatic carbocycles. The number of aryl methyl sites for hydroxylation is 2. The van der Waals surface area contributed by atoms with Crippen molar-refractivity contribution in [3.8, 4) is 0 Å². The van der Waals surface area contributed by atoms with Gasteiger partial charge in [0.15, 0.2) is 0 Å². The quantitative estimate of drug-likeness (QED) is 0.831. The van der Waals surface area contributed by atoms with E-state index in [0.717, 1.165) is 30.5 Å². The van der Waals surface area contributed by atoms with Crippen LogP contribution in [0.4, 0.5) is 5.69 Å². The van der Waals surface area contributed by atoms with Gasteiger partial charge in [-0.05, 0) is 62.9 Å². The molecule has 0 radical (unpaired) electrons. The first-order valence-electron chi connectivity index (χ1n) is 9.88. The maximum atomic E-state index is 12.7. The summed E-state index contributed by atoms with van der Waals surface area (Å²) in [6, 6.07) is 8.46. The van der Waals surface area contributed by atoms with Crippen LogP contribution >= 0.6 is 0 Å². The molecule has 0 saturated carbocycles. The molecular formula is C22H25N3O4. The van der Waals surface area contributed by atoms with Gasteiger partial charge < -0.3 is 19.9 Å². The lowest BCUT2D eigenvalue weighted by atomic mass is 9.95. The second-order valence-electron chi connectivity index (χ2n) is 7.93. The lowest BCUT2D eigenvalue weighted by molar-refractivity contribution is 0.0840. The zero-order valence-electron chi connectivity index (χ0n) is 16.8. The molecule has 4 rings (SSSR count). The number of fused-ring (bicyclic) bond motifs is 2. The largest absolute Gasteiger partial charge is 0.373 e. The van der Waals surface area contributed by atoms with Crippen LogP contribution < -0.4 is 16.2 Å². The third-order valence-electron chi connectivity index (χ3n) is 5.97. The van der Waals surface area contributed by atoms with E-state index in [1.54, 1.807) is 38.2 Å². The summed E-state index contributed by atoms with van der Waals surface area (Å²) in [5.74, 6) is -0.680. The van der Waals surface area contributed by atoms with Crippen molar-refractivity contribution < 1.29 is 14.3 Å². The molecule has 1 aromatic heterocycles. The second kappa shape index (κ2) is 7.48. The Morgan fingerprint density at radius 1 is 1.10 bits per heavy atom. The Hall–Kier alpha value is -2.93. The fourth-order valence-electron chi connectivity index (χ4n) is 4.03. The van der Waals surface area contributed by atoms with Crippen LogP contribution in [0.5, 0.6) is 0 Å². The molecule has 7 nitrogen and oxygen atoms in total. The van der Waals surface area contributed by atoms with Crippen LogP contribution in [0.15, 0.2) is 35.1 Å². The average Bonchev–Trinajstić information content (AvgIpc) is 3.31. The van der Waals surface area contributed by atoms with Crippen molar-refractivity contribution in [2.75, 3.05) is 5.32 Å². The van der Waals surface area contributed by atoms with Gasteiger partial charge in [-0.25, -0.2) is 0 Å². The lowest BCUT2D eigenvalue weighted by Crippen LogP contribution is -2.41. The topological polar surface area (TPSA) is 89.4 Å². The predicted octanol–water partition coefficient (Wildman–Crippen LogP) is 2.30. The number of hydrogen-bond acceptors (Lipinski definition) is 4. The van der Waals surface area contributed by atoms with Gasteiger partial charge in [0.25, 0.3) is 17.4 Å². The van der Waals surface area contributed by atoms with Crippen LogP contribution in [-0.2, 0) is 11.8 Å². The SMILES string of the molecule is Cc1ccc(C(=O)N[C@@H]2C[C@@H]3CC[C@H]2O3)cc1NC(=O)c1ccc(C)n(C)c1=O. The standard InChI is InChI=1S/C22H25N3O4/c1-12-4-6-14(20(26)24-18-11-15-7-9-19(18)29-15)10-17(12)23-21(27)16-8-5-13(2)25(3)22(16)28/h4-6,8,10,15,18-19H,7,9,11H2,1-3H3,(H,23,27)(H,24,26)/t15-,18+,19+/m0/s1. The minimum Gasteiger partial charge on any atom is -0.373 e. The zero-order valence-corrected chi connectivity index (χ0v) is 16.8. The van der Waals surface area contributed by atoms with E-state index in [-0.39, 0.29) is 35.3 Å². The molecule has 2 fully saturated rings. The lowest BCUT2D eigenvalue weighted by Gasteiger charge is -2.20. The number of nitrogens with one attached hydrogen (secondary N) is 2. The van der Waals surface area contributed by atoms with Crippen molar-refractivity contribution in [1.29, 1.82) is 0 Å². The molecule has 3 heterocycles. The Morgan fingerprint density at radius 2 is 1.90 bits per heavy atom. The van der Waals surface area contributed by atoms with E-state index >= 15 is 0 Å². The molecule has 2 saturated heterocycles. The first-order chi connectivity index (χ1) is 13.8. The molecule has 7 heteroatoms. The molecule has 29 heavy (non-hydrogen) atoms. The van der Waals surface area contributed by atoms with Crippen molar-refractivity contribution in [3.63, 3.8) is 0 Å². The van der Waals surface area contributed by atoms with E-state index in [2.05, 4.69) is 10.6 Å². The van der Waals surface area contributed by atoms with Crippen molar-refractivity contribution in [2.45, 2.75) is 51.4 Å². The first-order valence-corrected chi connectivity index (χ1v) is 9.88. The molecular weight excluding hydrogens is 370 g/mol. The normalized spacial score (nSPS) is 22.5. The Bertz CT molecular complexity index is 1040. The maximum Gasteiger partial charge on any atom is 0.263 e. The number of anilines is 1. The van der Waals surface area contributed by atoms with E-state index in [4.69, 9.17) is 4.74 Å². The third-order valence-corrected chi connectivity index (χ3v) is 5.97. The highest BCUT2D eigenvalue weighted by Gasteiger charge is 2.41. The highest BCUT2D eigenvalue weighted by molar-refractivity contribution is 6.05. The highest BCUT2D eigenvalue weighted by Crippen LogP contribution is 2.34. The molecule has 152 valence electrons. The van der Waals surface area contributed by atoms with Gasteiger partial charge in [0, 0.05) is 24.0 Å². The highest BCUT2D eigenvalue weighted by atomic mass is 16.5. The molecule has 2 bridgehead atoms. The number of hydrogen-bond donors (Lipinski definition) is 2. The van der Waals surface area contributed by atoms with Gasteiger partial charge in [-0.3, -0.25) is 14.4 Å². The smallest absolute Gasteiger partial charge is 0.263 e. The van der Waals surface area contributed by atoms with E-state index < -0.39 is 5.91 Å². The van der Waals surface area contributed by atoms with Crippen molar-refractivity contribution >= 4 is 17.5 Å². The summed E-state index contributed by atoms with van der Waals surface area (Å²) in [5, 5.41) is 5.82. The second-order valence-corrected chi connectivity index (χ2v) is 7.93. The Kier molecular flexibility index (Phi) is 5.00. The molecule has 3 atom stereocenters. The summed E-state index contributed by atoms with van der Waals surface area (Å²) in [6.07, 6.45) is 3.26. The number of benzene rings is 1. The molecule has 2 aromatic rings. The number of nitrogens with zero attached hydrogens (tertiary/aromatic N) is 1. The van der Waals surface area contributed by atoms with Crippen molar-refractivity contribution in [2.24, 2.45) is 7.05 Å². The molecule has 2 aliphatic rings. The molecule has 0 unspecified atom stereocenters. The number of aromatic nitrogens is 1. The van der Waals surface area contributed by atoms with E-state index in [9.17, 15) is 14.4 Å². The molecule has 2 amide bonds. The van der Waals surface area contributed by atoms with E-state index in [1.807, 2.05) is 6.92 Å². The molecule has 2 N–H and O–H groups in total. The van der Waals surface area contributed by atoms with Crippen LogP contribution in [0.2, 0.25) is 0 Å². The monoisotopic (exact) mass is 395 g/mol. The number of carbonyl (C=O) groups excluding carboxylic acids is 2. The van der Waals surface area contributed by atoms with Crippen LogP contribution in [0.3, 0.4) is 0 Å². The fraction of sp³-hybridized carbons (Fsp3) is 0.409. The predicted molar refractivity (Wildman–Crippen MR) is 109 cm³/mol. The number of ether oxygens (including phenoxy) is 1. The third kappa shape index (κ3) is 3.70. The number of carbonyl (C=O) groups is 2. The number of amides is 2. The van der Waals surface area contributed by atoms with Crippen LogP contribution in [0, 0.1) is 13.8 Å². The van der Waals surface area contributed by atoms with Gasteiger partial charge in [-0.15, -0.1) is 0 Å². The molecule has 0 aliphatic carbocycles. The van der Waals surface area contributed by atoms with Crippen molar-refractivity contribution in [1.82, 2.24) is 9.88 Å². The summed E-state index contributed by atoms with van der Waals surface area (Å²) in [7, 11) is 1.63. The number of pyridine rings is 1. The Labute approximate surface area is 169 Å². The van der Waals surface area contributed by atoms with Crippen molar-refractivity contribution in [3.05, 3.63) is 63.1 Å². The summed E-state index contributed by atoms with van der Waals surface area (Å²) in [5.41, 5.74) is 2.25. The first kappa shape index (κ1) is 19.4. The van der Waals surface area contributed by atoms with Crippen LogP contribution in [0.25, 0.3) is 0 Å². The van der Waals surface area contributed by atoms with E-state index in [0.29, 0.717) is 11.3 Å². The van der Waals surface area contributed by atoms with Gasteiger partial charge in [-0.1, -0.05) is 6.07 Å². The summed E-state index contributed by atoms with van der Waals surface area (Å²) in [6.45, 7) is 3.64. The van der Waals surface area contributed by atoms with Gasteiger partial charge in [0.1, 0.15) is 5.56 Å². The zero-order chi connectivity index (χ0) is 20.7. The van der Waals surface area contributed by atoms with E-state index in [1.165, 1.54) is 10.6 Å². The Morgan fingerprint density at radius 3 is 2.59 bits per heavy atom. The van der Waals surface area contributed by atoms with Gasteiger partial charge in [0.05, 0.1) is 18.2 Å². The minimum atomic E-state index is -0.493. The van der Waals surface area contributed by atoms with Crippen LogP contribution in [0.1, 0.15) is 51.2 Å². The van der Waals surface area contributed by atoms with Crippen LogP contribution in [-0.4, -0.2) is 34.6 Å². The van der Waals surface area contributed by atoms with Gasteiger partial charge in [-0.2, -0.15) is 0 Å². The van der Waals surface area contributed by atoms with Gasteiger partial charge in [0.2, 0.25) is 0 Å². The Balaban J connectivity index is 1.51. The average molecular weight is 395 g/mol. The summed E-state index contributed by atoms with van der Waals surface area (Å²) in [4.78, 5) is 37.7. The molecule has 0 spiro atoms. The molecule has 2 aliphatic heterocycles. The fourth-order valence-corrected chi connectivity index (χ4v) is 4.03. The maximum absolute atomic E-state index is 12.7.